The molecule has 0 fully saturated rings. The molecule has 106 valence electrons. The molecule has 1 aromatic rings. The lowest BCUT2D eigenvalue weighted by molar-refractivity contribution is 0.172. The molecule has 4 heteroatoms. The van der Waals surface area contributed by atoms with E-state index in [0.717, 1.165) is 36.6 Å². The van der Waals surface area contributed by atoms with Crippen molar-refractivity contribution in [2.45, 2.75) is 45.8 Å². The Morgan fingerprint density at radius 1 is 1.26 bits per heavy atom. The molecule has 1 aliphatic heterocycles. The van der Waals surface area contributed by atoms with E-state index in [-0.39, 0.29) is 6.10 Å². The van der Waals surface area contributed by atoms with Gasteiger partial charge in [0.05, 0.1) is 0 Å². The first kappa shape index (κ1) is 14.0. The Bertz CT molecular complexity index is 406. The summed E-state index contributed by atoms with van der Waals surface area (Å²) in [6.07, 6.45) is 2.33. The van der Waals surface area contributed by atoms with Crippen LogP contribution in [-0.4, -0.2) is 25.5 Å². The van der Waals surface area contributed by atoms with Crippen molar-refractivity contribution in [2.75, 3.05) is 13.3 Å². The van der Waals surface area contributed by atoms with E-state index in [0.29, 0.717) is 12.8 Å². The van der Waals surface area contributed by atoms with Crippen molar-refractivity contribution in [1.29, 1.82) is 0 Å². The lowest BCUT2D eigenvalue weighted by Crippen LogP contribution is -2.35. The Morgan fingerprint density at radius 2 is 2.05 bits per heavy atom. The van der Waals surface area contributed by atoms with Crippen LogP contribution in [0.25, 0.3) is 0 Å². The van der Waals surface area contributed by atoms with Crippen LogP contribution in [0.4, 0.5) is 0 Å². The Balaban J connectivity index is 1.96. The van der Waals surface area contributed by atoms with E-state index >= 15 is 0 Å². The number of fused-ring (bicyclic) bond motifs is 1. The van der Waals surface area contributed by atoms with Gasteiger partial charge in [0.2, 0.25) is 6.79 Å². The summed E-state index contributed by atoms with van der Waals surface area (Å²) >= 11 is 0. The third kappa shape index (κ3) is 4.03. The maximum Gasteiger partial charge on any atom is 0.231 e. The lowest BCUT2D eigenvalue weighted by atomic mass is 10.2. The summed E-state index contributed by atoms with van der Waals surface area (Å²) in [7, 11) is 0. The molecule has 4 nitrogen and oxygen atoms in total. The molecule has 1 unspecified atom stereocenters. The number of hydrogen-bond donors (Lipinski definition) is 1. The van der Waals surface area contributed by atoms with E-state index in [1.807, 2.05) is 18.2 Å². The summed E-state index contributed by atoms with van der Waals surface area (Å²) in [5.74, 6) is 2.40. The number of rotatable bonds is 7. The van der Waals surface area contributed by atoms with Crippen molar-refractivity contribution in [2.24, 2.45) is 0 Å². The van der Waals surface area contributed by atoms with Gasteiger partial charge in [-0.25, -0.2) is 0 Å². The van der Waals surface area contributed by atoms with E-state index in [4.69, 9.17) is 14.2 Å². The second-order valence-electron chi connectivity index (χ2n) is 5.11. The van der Waals surface area contributed by atoms with Crippen LogP contribution in [0.1, 0.15) is 33.6 Å². The molecular weight excluding hydrogens is 242 g/mol. The van der Waals surface area contributed by atoms with Crippen LogP contribution in [0.3, 0.4) is 0 Å². The van der Waals surface area contributed by atoms with E-state index in [2.05, 4.69) is 26.1 Å². The Morgan fingerprint density at radius 3 is 2.79 bits per heavy atom. The van der Waals surface area contributed by atoms with Crippen molar-refractivity contribution in [3.63, 3.8) is 0 Å². The Labute approximate surface area is 115 Å². The quantitative estimate of drug-likeness (QED) is 0.822. The van der Waals surface area contributed by atoms with Gasteiger partial charge in [-0.15, -0.1) is 0 Å². The fraction of sp³-hybridized carbons (Fsp3) is 0.600. The average molecular weight is 265 g/mol. The topological polar surface area (TPSA) is 39.7 Å². The van der Waals surface area contributed by atoms with Gasteiger partial charge < -0.3 is 19.5 Å². The van der Waals surface area contributed by atoms with Gasteiger partial charge in [-0.1, -0.05) is 27.2 Å². The zero-order valence-electron chi connectivity index (χ0n) is 11.9. The summed E-state index contributed by atoms with van der Waals surface area (Å²) < 4.78 is 16.7. The minimum absolute atomic E-state index is 0.188. The third-order valence-corrected chi connectivity index (χ3v) is 3.01. The molecule has 0 saturated carbocycles. The predicted molar refractivity (Wildman–Crippen MR) is 75.0 cm³/mol. The SMILES string of the molecule is CCCC(CNC(C)C)Oc1ccc2c(c1)OCO2. The van der Waals surface area contributed by atoms with E-state index in [1.165, 1.54) is 0 Å². The summed E-state index contributed by atoms with van der Waals surface area (Å²) in [6, 6.07) is 6.21. The van der Waals surface area contributed by atoms with E-state index < -0.39 is 0 Å². The molecule has 0 aromatic heterocycles. The second kappa shape index (κ2) is 6.66. The number of nitrogens with one attached hydrogen (secondary N) is 1. The molecule has 0 saturated heterocycles. The fourth-order valence-electron chi connectivity index (χ4n) is 2.03. The van der Waals surface area contributed by atoms with Gasteiger partial charge in [0.25, 0.3) is 0 Å². The molecule has 0 radical (unpaired) electrons. The highest BCUT2D eigenvalue weighted by Gasteiger charge is 2.16. The highest BCUT2D eigenvalue weighted by Crippen LogP contribution is 2.35. The number of hydrogen-bond acceptors (Lipinski definition) is 4. The molecule has 1 heterocycles. The minimum atomic E-state index is 0.188. The van der Waals surface area contributed by atoms with Crippen molar-refractivity contribution < 1.29 is 14.2 Å². The van der Waals surface area contributed by atoms with E-state index in [9.17, 15) is 0 Å². The van der Waals surface area contributed by atoms with Crippen LogP contribution in [0.15, 0.2) is 18.2 Å². The van der Waals surface area contributed by atoms with Crippen molar-refractivity contribution in [3.8, 4) is 17.2 Å². The Kier molecular flexibility index (Phi) is 4.91. The lowest BCUT2D eigenvalue weighted by Gasteiger charge is -2.20. The summed E-state index contributed by atoms with van der Waals surface area (Å²) in [5.41, 5.74) is 0. The van der Waals surface area contributed by atoms with Crippen LogP contribution in [0.5, 0.6) is 17.2 Å². The normalized spacial score (nSPS) is 14.7. The highest BCUT2D eigenvalue weighted by molar-refractivity contribution is 5.46. The minimum Gasteiger partial charge on any atom is -0.489 e. The van der Waals surface area contributed by atoms with Gasteiger partial charge in [-0.2, -0.15) is 0 Å². The first-order valence-electron chi connectivity index (χ1n) is 6.98. The molecule has 0 bridgehead atoms. The summed E-state index contributed by atoms with van der Waals surface area (Å²) in [5, 5.41) is 3.42. The maximum atomic E-state index is 6.03. The van der Waals surface area contributed by atoms with Crippen LogP contribution >= 0.6 is 0 Å². The van der Waals surface area contributed by atoms with Crippen LogP contribution in [0.2, 0.25) is 0 Å². The molecular formula is C15H23NO3. The molecule has 1 aromatic carbocycles. The molecule has 0 spiro atoms. The van der Waals surface area contributed by atoms with Crippen molar-refractivity contribution in [1.82, 2.24) is 5.32 Å². The van der Waals surface area contributed by atoms with Gasteiger partial charge in [0, 0.05) is 18.7 Å². The molecule has 0 aliphatic carbocycles. The monoisotopic (exact) mass is 265 g/mol. The van der Waals surface area contributed by atoms with Crippen LogP contribution in [-0.2, 0) is 0 Å². The number of benzene rings is 1. The zero-order chi connectivity index (χ0) is 13.7. The van der Waals surface area contributed by atoms with Gasteiger partial charge in [-0.05, 0) is 18.6 Å². The first-order valence-corrected chi connectivity index (χ1v) is 6.98. The predicted octanol–water partition coefficient (Wildman–Crippen LogP) is 2.96. The second-order valence-corrected chi connectivity index (χ2v) is 5.11. The third-order valence-electron chi connectivity index (χ3n) is 3.01. The standard InChI is InChI=1S/C15H23NO3/c1-4-5-13(9-16-11(2)3)19-12-6-7-14-15(8-12)18-10-17-14/h6-8,11,13,16H,4-5,9-10H2,1-3H3. The van der Waals surface area contributed by atoms with Gasteiger partial charge >= 0.3 is 0 Å². The Hall–Kier alpha value is -1.42. The maximum absolute atomic E-state index is 6.03. The van der Waals surface area contributed by atoms with Crippen molar-refractivity contribution in [3.05, 3.63) is 18.2 Å². The first-order chi connectivity index (χ1) is 9.19. The van der Waals surface area contributed by atoms with Crippen molar-refractivity contribution >= 4 is 0 Å². The largest absolute Gasteiger partial charge is 0.489 e. The van der Waals surface area contributed by atoms with Gasteiger partial charge in [-0.3, -0.25) is 0 Å². The average Bonchev–Trinajstić information content (AvgIpc) is 2.83. The zero-order valence-corrected chi connectivity index (χ0v) is 11.9. The van der Waals surface area contributed by atoms with Crippen LogP contribution < -0.4 is 19.5 Å². The molecule has 2 rings (SSSR count). The van der Waals surface area contributed by atoms with Gasteiger partial charge in [0.15, 0.2) is 11.5 Å². The molecule has 1 aliphatic rings. The van der Waals surface area contributed by atoms with Crippen LogP contribution in [0, 0.1) is 0 Å². The summed E-state index contributed by atoms with van der Waals surface area (Å²) in [6.45, 7) is 7.62. The molecule has 19 heavy (non-hydrogen) atoms. The fourth-order valence-corrected chi connectivity index (χ4v) is 2.03. The summed E-state index contributed by atoms with van der Waals surface area (Å²) in [4.78, 5) is 0. The molecule has 0 amide bonds. The number of ether oxygens (including phenoxy) is 3. The highest BCUT2D eigenvalue weighted by atomic mass is 16.7. The van der Waals surface area contributed by atoms with E-state index in [1.54, 1.807) is 0 Å². The molecule has 1 atom stereocenters. The smallest absolute Gasteiger partial charge is 0.231 e. The van der Waals surface area contributed by atoms with Gasteiger partial charge in [0.1, 0.15) is 11.9 Å². The molecule has 1 N–H and O–H groups in total.